The molecule has 0 aromatic carbocycles. The van der Waals surface area contributed by atoms with Crippen LogP contribution in [0, 0.1) is 5.92 Å². The van der Waals surface area contributed by atoms with Crippen LogP contribution < -0.4 is 11.1 Å². The van der Waals surface area contributed by atoms with Crippen LogP contribution in [0.5, 0.6) is 0 Å². The summed E-state index contributed by atoms with van der Waals surface area (Å²) in [5.74, 6) is 0.399. The monoisotopic (exact) mass is 310 g/mol. The highest BCUT2D eigenvalue weighted by atomic mass is 16.3. The molecule has 0 aliphatic carbocycles. The summed E-state index contributed by atoms with van der Waals surface area (Å²) in [4.78, 5) is 15.7. The number of amides is 2. The lowest BCUT2D eigenvalue weighted by Crippen LogP contribution is -2.53. The maximum Gasteiger partial charge on any atom is 0.314 e. The second kappa shape index (κ2) is 7.15. The molecule has 0 aromatic rings. The van der Waals surface area contributed by atoms with Crippen LogP contribution in [0.1, 0.15) is 38.5 Å². The number of nitrogens with one attached hydrogen (secondary N) is 1. The summed E-state index contributed by atoms with van der Waals surface area (Å²) >= 11 is 0. The zero-order valence-corrected chi connectivity index (χ0v) is 13.4. The maximum absolute atomic E-state index is 11.3. The van der Waals surface area contributed by atoms with Crippen LogP contribution >= 0.6 is 0 Å². The maximum atomic E-state index is 11.3. The van der Waals surface area contributed by atoms with Gasteiger partial charge in [-0.3, -0.25) is 4.90 Å². The van der Waals surface area contributed by atoms with E-state index in [1.807, 2.05) is 0 Å². The van der Waals surface area contributed by atoms with Crippen molar-refractivity contribution in [2.75, 3.05) is 32.7 Å². The minimum Gasteiger partial charge on any atom is -0.391 e. The molecular weight excluding hydrogens is 280 g/mol. The predicted octanol–water partition coefficient (Wildman–Crippen LogP) is 0.354. The molecule has 3 aliphatic heterocycles. The fourth-order valence-corrected chi connectivity index (χ4v) is 4.48. The second-order valence-corrected chi connectivity index (χ2v) is 7.17. The Bertz CT molecular complexity index is 384. The Morgan fingerprint density at radius 3 is 2.55 bits per heavy atom. The summed E-state index contributed by atoms with van der Waals surface area (Å²) in [7, 11) is 0. The van der Waals surface area contributed by atoms with E-state index in [1.165, 1.54) is 25.8 Å². The third-order valence-corrected chi connectivity index (χ3v) is 5.80. The first-order valence-corrected chi connectivity index (χ1v) is 8.84. The quantitative estimate of drug-likeness (QED) is 0.703. The van der Waals surface area contributed by atoms with Gasteiger partial charge in [-0.2, -0.15) is 0 Å². The number of carbonyl (C=O) groups excluding carboxylic acids is 1. The standard InChI is InChI=1S/C16H30N4O2/c17-16(22)19-7-4-13(5-8-19)20-6-2-1-3-14(20)9-12-10-18-11-15(12)21/h12-15,18,21H,1-11H2,(H2,17,22)/t12-,14?,15+/m0/s1. The first-order chi connectivity index (χ1) is 10.6. The molecule has 3 saturated heterocycles. The lowest BCUT2D eigenvalue weighted by atomic mass is 9.88. The van der Waals surface area contributed by atoms with Crippen molar-refractivity contribution in [1.29, 1.82) is 0 Å². The number of β-amino-alcohol motifs (C(OH)–C–C–N with tert-alkyl or cyclic N) is 1. The summed E-state index contributed by atoms with van der Waals surface area (Å²) in [5, 5.41) is 13.4. The molecule has 0 saturated carbocycles. The van der Waals surface area contributed by atoms with E-state index in [4.69, 9.17) is 5.73 Å². The molecule has 1 unspecified atom stereocenters. The highest BCUT2D eigenvalue weighted by Crippen LogP contribution is 2.30. The second-order valence-electron chi connectivity index (χ2n) is 7.17. The number of likely N-dealkylation sites (tertiary alicyclic amines) is 2. The molecule has 4 N–H and O–H groups in total. The number of nitrogens with zero attached hydrogens (tertiary/aromatic N) is 2. The van der Waals surface area contributed by atoms with Gasteiger partial charge in [0.15, 0.2) is 0 Å². The molecule has 6 heteroatoms. The number of nitrogens with two attached hydrogens (primary N) is 1. The highest BCUT2D eigenvalue weighted by molar-refractivity contribution is 5.72. The number of hydrogen-bond donors (Lipinski definition) is 3. The van der Waals surface area contributed by atoms with Crippen molar-refractivity contribution < 1.29 is 9.90 Å². The van der Waals surface area contributed by atoms with E-state index < -0.39 is 0 Å². The lowest BCUT2D eigenvalue weighted by molar-refractivity contribution is 0.0354. The third kappa shape index (κ3) is 3.55. The molecule has 2 amide bonds. The zero-order chi connectivity index (χ0) is 15.5. The summed E-state index contributed by atoms with van der Waals surface area (Å²) in [6, 6.07) is 0.889. The van der Waals surface area contributed by atoms with Crippen LogP contribution in [0.15, 0.2) is 0 Å². The molecule has 0 bridgehead atoms. The Morgan fingerprint density at radius 1 is 1.14 bits per heavy atom. The number of carbonyl (C=O) groups is 1. The fourth-order valence-electron chi connectivity index (χ4n) is 4.48. The van der Waals surface area contributed by atoms with Crippen molar-refractivity contribution in [2.45, 2.75) is 56.7 Å². The van der Waals surface area contributed by atoms with E-state index in [2.05, 4.69) is 10.2 Å². The number of urea groups is 1. The first kappa shape index (κ1) is 16.0. The van der Waals surface area contributed by atoms with Crippen LogP contribution in [0.4, 0.5) is 4.79 Å². The molecule has 3 heterocycles. The summed E-state index contributed by atoms with van der Waals surface area (Å²) in [6.45, 7) is 4.44. The van der Waals surface area contributed by atoms with Crippen LogP contribution in [-0.2, 0) is 0 Å². The Hall–Kier alpha value is -0.850. The number of primary amides is 1. The Balaban J connectivity index is 1.57. The average Bonchev–Trinajstić information content (AvgIpc) is 2.93. The van der Waals surface area contributed by atoms with Gasteiger partial charge in [0.05, 0.1) is 6.10 Å². The van der Waals surface area contributed by atoms with Crippen molar-refractivity contribution in [3.05, 3.63) is 0 Å². The number of rotatable bonds is 3. The van der Waals surface area contributed by atoms with Gasteiger partial charge in [0, 0.05) is 44.2 Å². The number of hydrogen-bond acceptors (Lipinski definition) is 4. The molecule has 126 valence electrons. The largest absolute Gasteiger partial charge is 0.391 e. The SMILES string of the molecule is NC(=O)N1CCC(N2CCCCC2C[C@H]2CNC[C@H]2O)CC1. The van der Waals surface area contributed by atoms with E-state index in [0.717, 1.165) is 45.4 Å². The average molecular weight is 310 g/mol. The van der Waals surface area contributed by atoms with Crippen molar-refractivity contribution in [3.63, 3.8) is 0 Å². The molecular formula is C16H30N4O2. The van der Waals surface area contributed by atoms with Crippen LogP contribution in [0.2, 0.25) is 0 Å². The minimum absolute atomic E-state index is 0.180. The number of piperidine rings is 2. The van der Waals surface area contributed by atoms with E-state index in [-0.39, 0.29) is 12.1 Å². The van der Waals surface area contributed by atoms with Crippen molar-refractivity contribution in [1.82, 2.24) is 15.1 Å². The zero-order valence-electron chi connectivity index (χ0n) is 13.4. The normalized spacial score (nSPS) is 35.0. The van der Waals surface area contributed by atoms with Gasteiger partial charge in [-0.05, 0) is 38.6 Å². The van der Waals surface area contributed by atoms with Gasteiger partial charge in [0.1, 0.15) is 0 Å². The van der Waals surface area contributed by atoms with Gasteiger partial charge in [0.25, 0.3) is 0 Å². The third-order valence-electron chi connectivity index (χ3n) is 5.80. The number of aliphatic hydroxyl groups is 1. The van der Waals surface area contributed by atoms with Gasteiger partial charge >= 0.3 is 6.03 Å². The van der Waals surface area contributed by atoms with Crippen LogP contribution in [0.3, 0.4) is 0 Å². The molecule has 3 atom stereocenters. The topological polar surface area (TPSA) is 81.8 Å². The van der Waals surface area contributed by atoms with Crippen LogP contribution in [-0.4, -0.2) is 71.8 Å². The molecule has 3 rings (SSSR count). The van der Waals surface area contributed by atoms with E-state index in [1.54, 1.807) is 4.90 Å². The van der Waals surface area contributed by atoms with Gasteiger partial charge < -0.3 is 21.1 Å². The molecule has 6 nitrogen and oxygen atoms in total. The first-order valence-electron chi connectivity index (χ1n) is 8.84. The van der Waals surface area contributed by atoms with E-state index in [0.29, 0.717) is 18.0 Å². The molecule has 22 heavy (non-hydrogen) atoms. The summed E-state index contributed by atoms with van der Waals surface area (Å²) < 4.78 is 0. The lowest BCUT2D eigenvalue weighted by Gasteiger charge is -2.45. The number of aliphatic hydroxyl groups excluding tert-OH is 1. The molecule has 3 aliphatic rings. The molecule has 3 fully saturated rings. The van der Waals surface area contributed by atoms with Gasteiger partial charge in [0.2, 0.25) is 0 Å². The van der Waals surface area contributed by atoms with Gasteiger partial charge in [-0.1, -0.05) is 6.42 Å². The van der Waals surface area contributed by atoms with Crippen molar-refractivity contribution in [3.8, 4) is 0 Å². The Kier molecular flexibility index (Phi) is 5.21. The molecule has 0 spiro atoms. The fraction of sp³-hybridized carbons (Fsp3) is 0.938. The highest BCUT2D eigenvalue weighted by Gasteiger charge is 2.35. The summed E-state index contributed by atoms with van der Waals surface area (Å²) in [6.07, 6.45) is 6.81. The molecule has 0 radical (unpaired) electrons. The van der Waals surface area contributed by atoms with Crippen molar-refractivity contribution in [2.24, 2.45) is 11.7 Å². The minimum atomic E-state index is -0.284. The van der Waals surface area contributed by atoms with Gasteiger partial charge in [-0.15, -0.1) is 0 Å². The van der Waals surface area contributed by atoms with Crippen LogP contribution in [0.25, 0.3) is 0 Å². The van der Waals surface area contributed by atoms with E-state index in [9.17, 15) is 9.90 Å². The molecule has 0 aromatic heterocycles. The predicted molar refractivity (Wildman–Crippen MR) is 85.5 cm³/mol. The van der Waals surface area contributed by atoms with E-state index >= 15 is 0 Å². The smallest absolute Gasteiger partial charge is 0.314 e. The van der Waals surface area contributed by atoms with Gasteiger partial charge in [-0.25, -0.2) is 4.79 Å². The summed E-state index contributed by atoms with van der Waals surface area (Å²) in [5.41, 5.74) is 5.38. The Morgan fingerprint density at radius 2 is 1.91 bits per heavy atom. The Labute approximate surface area is 133 Å². The van der Waals surface area contributed by atoms with Crippen molar-refractivity contribution >= 4 is 6.03 Å².